The van der Waals surface area contributed by atoms with Crippen molar-refractivity contribution in [1.29, 1.82) is 0 Å². The number of amides is 1. The van der Waals surface area contributed by atoms with Crippen LogP contribution in [0.25, 0.3) is 0 Å². The second kappa shape index (κ2) is 11.9. The van der Waals surface area contributed by atoms with E-state index in [0.717, 1.165) is 5.69 Å². The maximum Gasteiger partial charge on any atom is 0.305 e. The Morgan fingerprint density at radius 3 is 2.39 bits per heavy atom. The van der Waals surface area contributed by atoms with Gasteiger partial charge in [-0.25, -0.2) is 0 Å². The van der Waals surface area contributed by atoms with E-state index in [2.05, 4.69) is 39.1 Å². The van der Waals surface area contributed by atoms with E-state index in [4.69, 9.17) is 5.11 Å². The largest absolute Gasteiger partial charge is 0.481 e. The Hall–Kier alpha value is -2.34. The van der Waals surface area contributed by atoms with Crippen molar-refractivity contribution >= 4 is 28.9 Å². The summed E-state index contributed by atoms with van der Waals surface area (Å²) in [4.78, 5) is 27.4. The molecule has 1 heterocycles. The van der Waals surface area contributed by atoms with Crippen molar-refractivity contribution in [2.75, 3.05) is 18.9 Å². The van der Waals surface area contributed by atoms with Crippen LogP contribution < -0.4 is 5.32 Å². The van der Waals surface area contributed by atoms with Crippen molar-refractivity contribution < 1.29 is 14.7 Å². The van der Waals surface area contributed by atoms with Gasteiger partial charge in [0.15, 0.2) is 0 Å². The number of carboxylic acids is 1. The van der Waals surface area contributed by atoms with E-state index in [0.29, 0.717) is 11.5 Å². The highest BCUT2D eigenvalue weighted by molar-refractivity contribution is 7.12. The van der Waals surface area contributed by atoms with Gasteiger partial charge >= 0.3 is 5.97 Å². The second-order valence-electron chi connectivity index (χ2n) is 8.41. The minimum atomic E-state index is -0.905. The Labute approximate surface area is 190 Å². The molecule has 0 aliphatic carbocycles. The molecule has 0 fully saturated rings. The maximum atomic E-state index is 12.5. The fourth-order valence-corrected chi connectivity index (χ4v) is 4.82. The van der Waals surface area contributed by atoms with Crippen LogP contribution in [0.2, 0.25) is 0 Å². The Morgan fingerprint density at radius 1 is 1.16 bits per heavy atom. The number of aliphatic carboxylic acids is 1. The van der Waals surface area contributed by atoms with Crippen LogP contribution >= 0.6 is 11.3 Å². The highest BCUT2D eigenvalue weighted by Gasteiger charge is 2.22. The number of hydrogen-bond acceptors (Lipinski definition) is 4. The first-order valence-electron chi connectivity index (χ1n) is 11.1. The van der Waals surface area contributed by atoms with Crippen molar-refractivity contribution in [2.24, 2.45) is 5.92 Å². The average Bonchev–Trinajstić information content (AvgIpc) is 3.07. The molecule has 5 nitrogen and oxygen atoms in total. The monoisotopic (exact) mass is 444 g/mol. The number of rotatable bonds is 12. The van der Waals surface area contributed by atoms with E-state index >= 15 is 0 Å². The van der Waals surface area contributed by atoms with E-state index in [1.165, 1.54) is 45.9 Å². The van der Waals surface area contributed by atoms with Crippen molar-refractivity contribution in [2.45, 2.75) is 65.8 Å². The van der Waals surface area contributed by atoms with Gasteiger partial charge in [0.2, 0.25) is 0 Å². The van der Waals surface area contributed by atoms with E-state index < -0.39 is 5.97 Å². The Bertz CT molecular complexity index is 860. The zero-order valence-electron chi connectivity index (χ0n) is 19.4. The van der Waals surface area contributed by atoms with Gasteiger partial charge in [-0.1, -0.05) is 33.1 Å². The van der Waals surface area contributed by atoms with Crippen LogP contribution in [0.4, 0.5) is 5.69 Å². The highest BCUT2D eigenvalue weighted by atomic mass is 32.1. The lowest BCUT2D eigenvalue weighted by Gasteiger charge is -2.27. The number of hydrogen-bond donors (Lipinski definition) is 2. The molecule has 0 bridgehead atoms. The van der Waals surface area contributed by atoms with Crippen LogP contribution in [-0.4, -0.2) is 35.5 Å². The van der Waals surface area contributed by atoms with Crippen LogP contribution in [0.15, 0.2) is 30.3 Å². The molecule has 0 saturated carbocycles. The third kappa shape index (κ3) is 7.39. The Morgan fingerprint density at radius 2 is 1.84 bits per heavy atom. The predicted molar refractivity (Wildman–Crippen MR) is 129 cm³/mol. The van der Waals surface area contributed by atoms with Crippen LogP contribution in [0.5, 0.6) is 0 Å². The molecule has 0 aliphatic heterocycles. The zero-order valence-corrected chi connectivity index (χ0v) is 20.2. The summed E-state index contributed by atoms with van der Waals surface area (Å²) in [6.45, 7) is 9.09. The molecule has 0 saturated heterocycles. The first-order chi connectivity index (χ1) is 14.7. The topological polar surface area (TPSA) is 69.6 Å². The Kier molecular flexibility index (Phi) is 9.56. The molecule has 0 aliphatic rings. The number of carboxylic acid groups (broad SMARTS) is 1. The summed E-state index contributed by atoms with van der Waals surface area (Å²) < 4.78 is 0. The van der Waals surface area contributed by atoms with Gasteiger partial charge in [0.05, 0.1) is 12.5 Å². The highest BCUT2D eigenvalue weighted by Crippen LogP contribution is 2.35. The molecule has 170 valence electrons. The third-order valence-electron chi connectivity index (χ3n) is 5.71. The fourth-order valence-electron chi connectivity index (χ4n) is 3.84. The van der Waals surface area contributed by atoms with Gasteiger partial charge in [0.1, 0.15) is 0 Å². The number of unbranched alkanes of at least 4 members (excludes halogenated alkanes) is 2. The van der Waals surface area contributed by atoms with Gasteiger partial charge in [-0.05, 0) is 62.1 Å². The van der Waals surface area contributed by atoms with Gasteiger partial charge in [0.25, 0.3) is 5.91 Å². The molecule has 0 radical (unpaired) electrons. The van der Waals surface area contributed by atoms with E-state index in [9.17, 15) is 9.59 Å². The number of nitrogens with zero attached hydrogens (tertiary/aromatic N) is 1. The van der Waals surface area contributed by atoms with Gasteiger partial charge in [0, 0.05) is 34.6 Å². The predicted octanol–water partition coefficient (Wildman–Crippen LogP) is 6.28. The van der Waals surface area contributed by atoms with Crippen molar-refractivity contribution in [3.63, 3.8) is 0 Å². The smallest absolute Gasteiger partial charge is 0.305 e. The summed E-state index contributed by atoms with van der Waals surface area (Å²) in [7, 11) is 1.63. The number of carbonyl (C=O) groups excluding carboxylic acids is 1. The average molecular weight is 445 g/mol. The van der Waals surface area contributed by atoms with Crippen LogP contribution in [0, 0.1) is 19.8 Å². The molecule has 31 heavy (non-hydrogen) atoms. The summed E-state index contributed by atoms with van der Waals surface area (Å²) in [5.41, 5.74) is 2.91. The van der Waals surface area contributed by atoms with E-state index in [1.54, 1.807) is 7.05 Å². The molecular formula is C25H36N2O3S. The number of thiophene rings is 1. The van der Waals surface area contributed by atoms with Crippen LogP contribution in [0.3, 0.4) is 0 Å². The number of benzene rings is 1. The fraction of sp³-hybridized carbons (Fsp3) is 0.520. The normalized spacial score (nSPS) is 12.9. The lowest BCUT2D eigenvalue weighted by atomic mass is 9.90. The maximum absolute atomic E-state index is 12.5. The molecule has 0 spiro atoms. The number of aryl methyl sites for hydroxylation is 2. The van der Waals surface area contributed by atoms with Crippen molar-refractivity contribution in [1.82, 2.24) is 4.90 Å². The lowest BCUT2D eigenvalue weighted by Crippen LogP contribution is -2.29. The summed E-state index contributed by atoms with van der Waals surface area (Å²) in [6, 6.07) is 10.0. The van der Waals surface area contributed by atoms with Gasteiger partial charge < -0.3 is 15.3 Å². The SMILES string of the molecule is CCCCCC(C)C(Nc1ccc(C(=O)N(C)CCC(=O)O)cc1)c1cc(C)sc1C. The molecule has 2 N–H and O–H groups in total. The zero-order chi connectivity index (χ0) is 23.0. The molecule has 2 unspecified atom stereocenters. The van der Waals surface area contributed by atoms with Crippen LogP contribution in [-0.2, 0) is 4.79 Å². The minimum Gasteiger partial charge on any atom is -0.481 e. The summed E-state index contributed by atoms with van der Waals surface area (Å²) in [6.07, 6.45) is 4.82. The molecule has 1 aromatic carbocycles. The Balaban J connectivity index is 2.14. The quantitative estimate of drug-likeness (QED) is 0.378. The van der Waals surface area contributed by atoms with E-state index in [1.807, 2.05) is 35.6 Å². The summed E-state index contributed by atoms with van der Waals surface area (Å²) in [5.74, 6) is -0.582. The van der Waals surface area contributed by atoms with Crippen LogP contribution in [0.1, 0.15) is 77.7 Å². The van der Waals surface area contributed by atoms with Crippen molar-refractivity contribution in [3.8, 4) is 0 Å². The second-order valence-corrected chi connectivity index (χ2v) is 9.87. The summed E-state index contributed by atoms with van der Waals surface area (Å²) >= 11 is 1.84. The van der Waals surface area contributed by atoms with Gasteiger partial charge in [-0.15, -0.1) is 11.3 Å². The standard InChI is InChI=1S/C25H36N2O3S/c1-6-7-8-9-17(2)24(22-16-18(3)31-19(22)4)26-21-12-10-20(11-13-21)25(30)27(5)15-14-23(28)29/h10-13,16-17,24,26H,6-9,14-15H2,1-5H3,(H,28,29). The number of carbonyl (C=O) groups is 2. The first-order valence-corrected chi connectivity index (χ1v) is 11.9. The molecule has 1 aromatic heterocycles. The summed E-state index contributed by atoms with van der Waals surface area (Å²) in [5, 5.41) is 12.5. The van der Waals surface area contributed by atoms with Gasteiger partial charge in [-0.3, -0.25) is 9.59 Å². The number of nitrogens with one attached hydrogen (secondary N) is 1. The number of anilines is 1. The first kappa shape index (κ1) is 24.9. The molecular weight excluding hydrogens is 408 g/mol. The van der Waals surface area contributed by atoms with Gasteiger partial charge in [-0.2, -0.15) is 0 Å². The third-order valence-corrected chi connectivity index (χ3v) is 6.69. The molecule has 2 atom stereocenters. The van der Waals surface area contributed by atoms with E-state index in [-0.39, 0.29) is 24.9 Å². The minimum absolute atomic E-state index is 0.0567. The molecule has 6 heteroatoms. The van der Waals surface area contributed by atoms with Crippen molar-refractivity contribution in [3.05, 3.63) is 51.2 Å². The molecule has 2 rings (SSSR count). The molecule has 1 amide bonds. The molecule has 2 aromatic rings. The lowest BCUT2D eigenvalue weighted by molar-refractivity contribution is -0.137.